The Hall–Kier alpha value is -2.73. The van der Waals surface area contributed by atoms with E-state index < -0.39 is 9.83 Å². The van der Waals surface area contributed by atoms with Gasteiger partial charge in [0.1, 0.15) is 6.04 Å². The lowest BCUT2D eigenvalue weighted by Gasteiger charge is -2.46. The van der Waals surface area contributed by atoms with Gasteiger partial charge in [0.05, 0.1) is 13.7 Å². The zero-order chi connectivity index (χ0) is 26.3. The minimum atomic E-state index is -1.61. The second-order valence-corrected chi connectivity index (χ2v) is 12.0. The van der Waals surface area contributed by atoms with Gasteiger partial charge in [-0.15, -0.1) is 0 Å². The molecule has 38 heavy (non-hydrogen) atoms. The molecule has 198 valence electrons. The molecule has 3 heterocycles. The smallest absolute Gasteiger partial charge is 0.231 e. The van der Waals surface area contributed by atoms with Gasteiger partial charge in [0, 0.05) is 23.4 Å². The van der Waals surface area contributed by atoms with E-state index in [9.17, 15) is 0 Å². The molecular formula is C30H28Cl3NO4. The summed E-state index contributed by atoms with van der Waals surface area (Å²) in [5.41, 5.74) is 6.34. The SMILES string of the molecule is COc1ccc2c(c1OCCCCc1ccccc1)C(C(Cl)(Cl)Cl)N1CCc3cc4c(cc3C1=C2)OCO4. The van der Waals surface area contributed by atoms with Crippen molar-refractivity contribution in [1.82, 2.24) is 4.90 Å². The largest absolute Gasteiger partial charge is 0.493 e. The highest BCUT2D eigenvalue weighted by molar-refractivity contribution is 6.68. The lowest BCUT2D eigenvalue weighted by molar-refractivity contribution is 0.174. The van der Waals surface area contributed by atoms with Crippen LogP contribution in [0.5, 0.6) is 23.0 Å². The fourth-order valence-corrected chi connectivity index (χ4v) is 6.26. The summed E-state index contributed by atoms with van der Waals surface area (Å²) in [5.74, 6) is 2.77. The van der Waals surface area contributed by atoms with Crippen molar-refractivity contribution in [3.63, 3.8) is 0 Å². The monoisotopic (exact) mass is 571 g/mol. The van der Waals surface area contributed by atoms with E-state index in [0.717, 1.165) is 59.6 Å². The van der Waals surface area contributed by atoms with Crippen LogP contribution in [0, 0.1) is 0 Å². The van der Waals surface area contributed by atoms with E-state index in [1.807, 2.05) is 24.3 Å². The van der Waals surface area contributed by atoms with E-state index >= 15 is 0 Å². The number of nitrogens with zero attached hydrogens (tertiary/aromatic N) is 1. The Balaban J connectivity index is 1.34. The second-order valence-electron chi connectivity index (χ2n) is 9.67. The molecule has 0 fully saturated rings. The Labute approximate surface area is 237 Å². The summed E-state index contributed by atoms with van der Waals surface area (Å²) in [5, 5.41) is 0. The summed E-state index contributed by atoms with van der Waals surface area (Å²) in [6.07, 6.45) is 5.84. The van der Waals surface area contributed by atoms with Crippen molar-refractivity contribution in [1.29, 1.82) is 0 Å². The standard InChI is InChI=1S/C30H28Cl3NO4/c1-35-24-11-10-21-15-23-22-17-26-25(37-18-38-26)16-20(22)12-13-34(23)29(30(31,32)33)27(21)28(24)36-14-6-5-9-19-7-3-2-4-8-19/h2-4,7-8,10-11,15-17,29H,5-6,9,12-14,18H2,1H3. The minimum absolute atomic E-state index is 0.229. The van der Waals surface area contributed by atoms with Gasteiger partial charge in [-0.1, -0.05) is 71.2 Å². The fraction of sp³-hybridized carbons (Fsp3) is 0.333. The highest BCUT2D eigenvalue weighted by Gasteiger charge is 2.46. The highest BCUT2D eigenvalue weighted by atomic mass is 35.6. The molecule has 8 heteroatoms. The van der Waals surface area contributed by atoms with E-state index in [-0.39, 0.29) is 6.79 Å². The van der Waals surface area contributed by atoms with Gasteiger partial charge >= 0.3 is 0 Å². The maximum atomic E-state index is 6.72. The number of methoxy groups -OCH3 is 1. The Kier molecular flexibility index (Phi) is 7.02. The van der Waals surface area contributed by atoms with Crippen molar-refractivity contribution in [3.05, 3.63) is 82.4 Å². The van der Waals surface area contributed by atoms with Crippen LogP contribution in [0.4, 0.5) is 0 Å². The first-order valence-electron chi connectivity index (χ1n) is 12.8. The van der Waals surface area contributed by atoms with Crippen LogP contribution >= 0.6 is 34.8 Å². The first-order valence-corrected chi connectivity index (χ1v) is 13.9. The van der Waals surface area contributed by atoms with Gasteiger partial charge in [-0.25, -0.2) is 0 Å². The summed E-state index contributed by atoms with van der Waals surface area (Å²) >= 11 is 20.2. The summed E-state index contributed by atoms with van der Waals surface area (Å²) in [7, 11) is 1.64. The van der Waals surface area contributed by atoms with Crippen LogP contribution in [0.2, 0.25) is 0 Å². The summed E-state index contributed by atoms with van der Waals surface area (Å²) in [6, 6.07) is 17.9. The molecule has 6 rings (SSSR count). The molecule has 0 spiro atoms. The van der Waals surface area contributed by atoms with E-state index in [0.29, 0.717) is 24.7 Å². The third kappa shape index (κ3) is 4.76. The number of alkyl halides is 3. The van der Waals surface area contributed by atoms with Gasteiger partial charge in [-0.2, -0.15) is 0 Å². The lowest BCUT2D eigenvalue weighted by Crippen LogP contribution is -2.41. The van der Waals surface area contributed by atoms with Crippen LogP contribution in [-0.2, 0) is 12.8 Å². The van der Waals surface area contributed by atoms with Gasteiger partial charge in [0.25, 0.3) is 0 Å². The average molecular weight is 573 g/mol. The number of hydrogen-bond donors (Lipinski definition) is 0. The first-order chi connectivity index (χ1) is 18.4. The van der Waals surface area contributed by atoms with Gasteiger partial charge in [0.2, 0.25) is 10.6 Å². The third-order valence-electron chi connectivity index (χ3n) is 7.36. The van der Waals surface area contributed by atoms with Crippen LogP contribution < -0.4 is 18.9 Å². The summed E-state index contributed by atoms with van der Waals surface area (Å²) in [6.45, 7) is 1.45. The highest BCUT2D eigenvalue weighted by Crippen LogP contribution is 2.56. The average Bonchev–Trinajstić information content (AvgIpc) is 3.38. The Morgan fingerprint density at radius 1 is 1.00 bits per heavy atom. The molecule has 3 aliphatic heterocycles. The lowest BCUT2D eigenvalue weighted by atomic mass is 9.86. The molecule has 1 unspecified atom stereocenters. The van der Waals surface area contributed by atoms with Gasteiger partial charge in [-0.05, 0) is 66.6 Å². The quantitative estimate of drug-likeness (QED) is 0.215. The number of halogens is 3. The predicted molar refractivity (Wildman–Crippen MR) is 152 cm³/mol. The topological polar surface area (TPSA) is 40.2 Å². The zero-order valence-corrected chi connectivity index (χ0v) is 23.3. The van der Waals surface area contributed by atoms with E-state index in [2.05, 4.69) is 41.3 Å². The molecule has 0 aromatic heterocycles. The molecule has 0 bridgehead atoms. The maximum absolute atomic E-state index is 6.72. The number of hydrogen-bond acceptors (Lipinski definition) is 5. The maximum Gasteiger partial charge on any atom is 0.231 e. The zero-order valence-electron chi connectivity index (χ0n) is 21.0. The Morgan fingerprint density at radius 2 is 1.79 bits per heavy atom. The number of aryl methyl sites for hydroxylation is 1. The molecule has 3 aromatic rings. The number of fused-ring (bicyclic) bond motifs is 5. The molecule has 5 nitrogen and oxygen atoms in total. The predicted octanol–water partition coefficient (Wildman–Crippen LogP) is 7.61. The van der Waals surface area contributed by atoms with E-state index in [1.165, 1.54) is 11.1 Å². The number of unbranched alkanes of at least 4 members (excludes halogenated alkanes) is 1. The molecule has 0 saturated carbocycles. The van der Waals surface area contributed by atoms with Crippen LogP contribution in [-0.4, -0.2) is 35.7 Å². The molecule has 0 radical (unpaired) electrons. The second kappa shape index (κ2) is 10.4. The minimum Gasteiger partial charge on any atom is -0.493 e. The third-order valence-corrected chi connectivity index (χ3v) is 7.98. The molecule has 3 aliphatic rings. The van der Waals surface area contributed by atoms with Crippen molar-refractivity contribution < 1.29 is 18.9 Å². The van der Waals surface area contributed by atoms with Crippen LogP contribution in [0.1, 0.15) is 46.7 Å². The van der Waals surface area contributed by atoms with Crippen molar-refractivity contribution in [3.8, 4) is 23.0 Å². The van der Waals surface area contributed by atoms with Crippen molar-refractivity contribution >= 4 is 46.6 Å². The first kappa shape index (κ1) is 25.5. The molecular weight excluding hydrogens is 545 g/mol. The van der Waals surface area contributed by atoms with Crippen molar-refractivity contribution in [2.75, 3.05) is 27.1 Å². The van der Waals surface area contributed by atoms with E-state index in [4.69, 9.17) is 53.8 Å². The van der Waals surface area contributed by atoms with Crippen LogP contribution in [0.15, 0.2) is 54.6 Å². The number of ether oxygens (including phenoxy) is 4. The molecule has 0 saturated heterocycles. The van der Waals surface area contributed by atoms with Gasteiger partial charge in [-0.3, -0.25) is 0 Å². The van der Waals surface area contributed by atoms with Crippen molar-refractivity contribution in [2.24, 2.45) is 0 Å². The van der Waals surface area contributed by atoms with Crippen LogP contribution in [0.25, 0.3) is 11.8 Å². The molecule has 3 aromatic carbocycles. The normalized spacial score (nSPS) is 17.3. The van der Waals surface area contributed by atoms with Crippen LogP contribution in [0.3, 0.4) is 0 Å². The van der Waals surface area contributed by atoms with Gasteiger partial charge in [0.15, 0.2) is 23.0 Å². The molecule has 0 amide bonds. The molecule has 0 N–H and O–H groups in total. The number of rotatable bonds is 7. The molecule has 1 atom stereocenters. The fourth-order valence-electron chi connectivity index (χ4n) is 5.58. The Morgan fingerprint density at radius 3 is 2.55 bits per heavy atom. The van der Waals surface area contributed by atoms with Crippen molar-refractivity contribution in [2.45, 2.75) is 35.5 Å². The summed E-state index contributed by atoms with van der Waals surface area (Å²) in [4.78, 5) is 2.17. The Bertz CT molecular complexity index is 1370. The summed E-state index contributed by atoms with van der Waals surface area (Å²) < 4.78 is 21.8. The molecule has 0 aliphatic carbocycles. The van der Waals surface area contributed by atoms with Gasteiger partial charge < -0.3 is 23.8 Å². The van der Waals surface area contributed by atoms with E-state index in [1.54, 1.807) is 7.11 Å². The number of benzene rings is 3.